The molecule has 0 radical (unpaired) electrons. The Bertz CT molecular complexity index is 2630. The number of hydrogen-bond donors (Lipinski definition) is 0. The summed E-state index contributed by atoms with van der Waals surface area (Å²) in [5.74, 6) is -0.714. The second-order valence-corrected chi connectivity index (χ2v) is 12.4. The molecule has 5 heteroatoms. The van der Waals surface area contributed by atoms with Crippen LogP contribution in [0.1, 0.15) is 40.1 Å². The van der Waals surface area contributed by atoms with Gasteiger partial charge in [-0.2, -0.15) is 5.26 Å². The number of nitriles is 1. The lowest BCUT2D eigenvalue weighted by Gasteiger charge is -2.18. The average Bonchev–Trinajstić information content (AvgIpc) is 3.69. The van der Waals surface area contributed by atoms with E-state index in [1.165, 1.54) is 4.90 Å². The molecule has 0 spiro atoms. The quantitative estimate of drug-likeness (QED) is 0.171. The molecule has 0 unspecified atom stereocenters. The molecule has 1 aliphatic heterocycles. The van der Waals surface area contributed by atoms with Crippen molar-refractivity contribution in [1.82, 2.24) is 4.57 Å². The molecule has 0 fully saturated rings. The summed E-state index contributed by atoms with van der Waals surface area (Å²) in [5.41, 5.74) is 10.1. The summed E-state index contributed by atoms with van der Waals surface area (Å²) >= 11 is 0. The Morgan fingerprint density at radius 3 is 1.71 bits per heavy atom. The predicted molar refractivity (Wildman–Crippen MR) is 211 cm³/mol. The number of benzene rings is 7. The number of para-hydroxylation sites is 1. The van der Waals surface area contributed by atoms with E-state index in [1.807, 2.05) is 141 Å². The monoisotopic (exact) mass is 671 g/mol. The second-order valence-electron chi connectivity index (χ2n) is 12.4. The van der Waals surface area contributed by atoms with Crippen molar-refractivity contribution in [2.75, 3.05) is 4.90 Å². The molecule has 1 aliphatic rings. The van der Waals surface area contributed by atoms with Crippen molar-refractivity contribution in [1.29, 1.82) is 5.26 Å². The Balaban J connectivity index is 0.00000190. The SMILES string of the molecule is CC.N#Cc1ccc(-c2ccc3c4ccccc4n(-c4cccc5c4C(=O)N(c4cc(-c6ccccc6)cc(-c6ccccc6)c4)C5=O)c3c2)cc1. The molecular formula is C47H33N3O2. The molecule has 8 aromatic rings. The van der Waals surface area contributed by atoms with E-state index in [-0.39, 0.29) is 11.8 Å². The third kappa shape index (κ3) is 5.35. The van der Waals surface area contributed by atoms with E-state index in [0.29, 0.717) is 28.1 Å². The van der Waals surface area contributed by atoms with Crippen LogP contribution in [-0.4, -0.2) is 16.4 Å². The Morgan fingerprint density at radius 1 is 0.481 bits per heavy atom. The minimum absolute atomic E-state index is 0.352. The maximum atomic E-state index is 14.7. The van der Waals surface area contributed by atoms with Crippen molar-refractivity contribution in [3.05, 3.63) is 180 Å². The van der Waals surface area contributed by atoms with Crippen LogP contribution in [0.3, 0.4) is 0 Å². The van der Waals surface area contributed by atoms with Crippen LogP contribution in [0, 0.1) is 11.3 Å². The largest absolute Gasteiger partial charge is 0.308 e. The topological polar surface area (TPSA) is 66.1 Å². The molecule has 1 aromatic heterocycles. The van der Waals surface area contributed by atoms with E-state index in [1.54, 1.807) is 6.07 Å². The number of carbonyl (C=O) groups is 2. The maximum absolute atomic E-state index is 14.7. The number of carbonyl (C=O) groups excluding carboxylic acids is 2. The smallest absolute Gasteiger partial charge is 0.268 e. The van der Waals surface area contributed by atoms with Crippen LogP contribution >= 0.6 is 0 Å². The molecule has 0 N–H and O–H groups in total. The molecule has 2 amide bonds. The lowest BCUT2D eigenvalue weighted by molar-refractivity contribution is 0.0926. The summed E-state index contributed by atoms with van der Waals surface area (Å²) in [7, 11) is 0. The number of amides is 2. The highest BCUT2D eigenvalue weighted by Gasteiger charge is 2.39. The van der Waals surface area contributed by atoms with Gasteiger partial charge in [-0.1, -0.05) is 123 Å². The zero-order valence-corrected chi connectivity index (χ0v) is 28.7. The minimum atomic E-state index is -0.362. The summed E-state index contributed by atoms with van der Waals surface area (Å²) in [4.78, 5) is 30.3. The number of imide groups is 1. The third-order valence-electron chi connectivity index (χ3n) is 9.55. The van der Waals surface area contributed by atoms with E-state index in [2.05, 4.69) is 41.0 Å². The van der Waals surface area contributed by atoms with Gasteiger partial charge in [-0.15, -0.1) is 0 Å². The van der Waals surface area contributed by atoms with Gasteiger partial charge in [0.05, 0.1) is 45.2 Å². The fourth-order valence-corrected chi connectivity index (χ4v) is 7.17. The van der Waals surface area contributed by atoms with Gasteiger partial charge >= 0.3 is 0 Å². The first-order valence-electron chi connectivity index (χ1n) is 17.4. The first-order chi connectivity index (χ1) is 25.6. The summed E-state index contributed by atoms with van der Waals surface area (Å²) in [6.45, 7) is 4.00. The molecule has 5 nitrogen and oxygen atoms in total. The summed E-state index contributed by atoms with van der Waals surface area (Å²) in [6.07, 6.45) is 0. The number of anilines is 1. The van der Waals surface area contributed by atoms with Crippen LogP contribution in [0.15, 0.2) is 164 Å². The molecule has 0 aliphatic carbocycles. The normalized spacial score (nSPS) is 12.1. The van der Waals surface area contributed by atoms with Crippen molar-refractivity contribution in [3.63, 3.8) is 0 Å². The first-order valence-corrected chi connectivity index (χ1v) is 17.4. The van der Waals surface area contributed by atoms with Gasteiger partial charge in [-0.3, -0.25) is 9.59 Å². The molecule has 52 heavy (non-hydrogen) atoms. The molecule has 0 bridgehead atoms. The van der Waals surface area contributed by atoms with Crippen LogP contribution in [0.4, 0.5) is 5.69 Å². The summed E-state index contributed by atoms with van der Waals surface area (Å²) in [6, 6.07) is 55.6. The van der Waals surface area contributed by atoms with E-state index in [0.717, 1.165) is 55.2 Å². The third-order valence-corrected chi connectivity index (χ3v) is 9.55. The molecule has 2 heterocycles. The number of rotatable bonds is 5. The number of fused-ring (bicyclic) bond motifs is 4. The van der Waals surface area contributed by atoms with Gasteiger partial charge in [0.1, 0.15) is 0 Å². The molecular weight excluding hydrogens is 639 g/mol. The fraction of sp³-hybridized carbons (Fsp3) is 0.0426. The molecule has 7 aromatic carbocycles. The van der Waals surface area contributed by atoms with Crippen molar-refractivity contribution in [2.24, 2.45) is 0 Å². The van der Waals surface area contributed by atoms with Gasteiger partial charge in [0.15, 0.2) is 0 Å². The zero-order valence-electron chi connectivity index (χ0n) is 28.7. The van der Waals surface area contributed by atoms with Gasteiger partial charge in [-0.05, 0) is 88.0 Å². The highest BCUT2D eigenvalue weighted by Crippen LogP contribution is 2.40. The van der Waals surface area contributed by atoms with Crippen molar-refractivity contribution >= 4 is 39.3 Å². The second kappa shape index (κ2) is 13.4. The van der Waals surface area contributed by atoms with E-state index < -0.39 is 0 Å². The Morgan fingerprint density at radius 2 is 1.06 bits per heavy atom. The predicted octanol–water partition coefficient (Wildman–Crippen LogP) is 11.5. The first kappa shape index (κ1) is 32.2. The van der Waals surface area contributed by atoms with Crippen molar-refractivity contribution in [3.8, 4) is 45.1 Å². The van der Waals surface area contributed by atoms with E-state index in [9.17, 15) is 14.9 Å². The Labute approximate surface area is 302 Å². The van der Waals surface area contributed by atoms with Gasteiger partial charge in [0.25, 0.3) is 11.8 Å². The lowest BCUT2D eigenvalue weighted by atomic mass is 9.97. The standard InChI is InChI=1S/C45H27N3O2.C2H6/c46-28-29-18-20-32(21-19-29)33-22-23-38-37-14-7-8-16-40(37)48(42(38)27-33)41-17-9-15-39-43(41)45(50)47(44(39)49)36-25-34(30-10-3-1-4-11-30)24-35(26-36)31-12-5-2-6-13-31;1-2/h1-27H;1-2H3. The molecule has 0 atom stereocenters. The van der Waals surface area contributed by atoms with E-state index in [4.69, 9.17) is 0 Å². The highest BCUT2D eigenvalue weighted by atomic mass is 16.2. The van der Waals surface area contributed by atoms with Gasteiger partial charge in [0, 0.05) is 10.8 Å². The summed E-state index contributed by atoms with van der Waals surface area (Å²) in [5, 5.41) is 11.4. The van der Waals surface area contributed by atoms with Crippen LogP contribution in [0.5, 0.6) is 0 Å². The van der Waals surface area contributed by atoms with Crippen molar-refractivity contribution in [2.45, 2.75) is 13.8 Å². The van der Waals surface area contributed by atoms with E-state index >= 15 is 0 Å². The van der Waals surface area contributed by atoms with Gasteiger partial charge in [0.2, 0.25) is 0 Å². The number of aromatic nitrogens is 1. The van der Waals surface area contributed by atoms with Crippen LogP contribution in [-0.2, 0) is 0 Å². The molecule has 0 saturated carbocycles. The van der Waals surface area contributed by atoms with Gasteiger partial charge < -0.3 is 4.57 Å². The zero-order chi connectivity index (χ0) is 35.8. The fourth-order valence-electron chi connectivity index (χ4n) is 7.17. The molecule has 0 saturated heterocycles. The van der Waals surface area contributed by atoms with Crippen LogP contribution in [0.2, 0.25) is 0 Å². The van der Waals surface area contributed by atoms with Crippen molar-refractivity contribution < 1.29 is 9.59 Å². The molecule has 248 valence electrons. The summed E-state index contributed by atoms with van der Waals surface area (Å²) < 4.78 is 2.10. The average molecular weight is 672 g/mol. The van der Waals surface area contributed by atoms with Gasteiger partial charge in [-0.25, -0.2) is 4.90 Å². The number of hydrogen-bond acceptors (Lipinski definition) is 3. The number of nitrogens with zero attached hydrogens (tertiary/aromatic N) is 3. The highest BCUT2D eigenvalue weighted by molar-refractivity contribution is 6.36. The molecule has 9 rings (SSSR count). The Kier molecular flexibility index (Phi) is 8.27. The Hall–Kier alpha value is -7.03. The van der Waals surface area contributed by atoms with Crippen LogP contribution in [0.25, 0.3) is 60.9 Å². The lowest BCUT2D eigenvalue weighted by Crippen LogP contribution is -2.29. The minimum Gasteiger partial charge on any atom is -0.308 e. The van der Waals surface area contributed by atoms with Crippen LogP contribution < -0.4 is 4.90 Å². The maximum Gasteiger partial charge on any atom is 0.268 e.